The number of rotatable bonds is 4. The van der Waals surface area contributed by atoms with E-state index in [1.165, 1.54) is 11.1 Å². The SMILES string of the molecule is CCC(C#N)C(=O)N(C)Cc1ccc(C)cc1C. The molecule has 96 valence electrons. The summed E-state index contributed by atoms with van der Waals surface area (Å²) >= 11 is 0. The topological polar surface area (TPSA) is 44.1 Å². The highest BCUT2D eigenvalue weighted by Crippen LogP contribution is 2.14. The summed E-state index contributed by atoms with van der Waals surface area (Å²) in [4.78, 5) is 13.6. The van der Waals surface area contributed by atoms with Crippen molar-refractivity contribution in [2.45, 2.75) is 33.7 Å². The van der Waals surface area contributed by atoms with Gasteiger partial charge >= 0.3 is 0 Å². The summed E-state index contributed by atoms with van der Waals surface area (Å²) in [5, 5.41) is 8.90. The van der Waals surface area contributed by atoms with Crippen molar-refractivity contribution in [3.05, 3.63) is 34.9 Å². The normalized spacial score (nSPS) is 11.7. The molecule has 0 spiro atoms. The zero-order chi connectivity index (χ0) is 13.7. The fraction of sp³-hybridized carbons (Fsp3) is 0.467. The fourth-order valence-corrected chi connectivity index (χ4v) is 1.94. The molecule has 3 nitrogen and oxygen atoms in total. The Morgan fingerprint density at radius 2 is 2.11 bits per heavy atom. The van der Waals surface area contributed by atoms with Gasteiger partial charge in [-0.25, -0.2) is 0 Å². The van der Waals surface area contributed by atoms with Gasteiger partial charge in [0.2, 0.25) is 5.91 Å². The van der Waals surface area contributed by atoms with Gasteiger partial charge in [0.15, 0.2) is 0 Å². The molecule has 0 radical (unpaired) electrons. The van der Waals surface area contributed by atoms with Gasteiger partial charge in [0.25, 0.3) is 0 Å². The number of hydrogen-bond acceptors (Lipinski definition) is 2. The van der Waals surface area contributed by atoms with Crippen molar-refractivity contribution in [3.8, 4) is 6.07 Å². The zero-order valence-electron chi connectivity index (χ0n) is 11.5. The van der Waals surface area contributed by atoms with Gasteiger partial charge in [0.05, 0.1) is 6.07 Å². The average molecular weight is 244 g/mol. The van der Waals surface area contributed by atoms with Crippen molar-refractivity contribution in [2.75, 3.05) is 7.05 Å². The maximum absolute atomic E-state index is 12.0. The summed E-state index contributed by atoms with van der Waals surface area (Å²) in [6, 6.07) is 8.24. The molecule has 0 saturated carbocycles. The minimum Gasteiger partial charge on any atom is -0.340 e. The van der Waals surface area contributed by atoms with Gasteiger partial charge in [-0.1, -0.05) is 30.7 Å². The Kier molecular flexibility index (Phi) is 4.91. The maximum atomic E-state index is 12.0. The lowest BCUT2D eigenvalue weighted by Gasteiger charge is -2.20. The summed E-state index contributed by atoms with van der Waals surface area (Å²) in [6.07, 6.45) is 0.562. The number of aryl methyl sites for hydroxylation is 2. The number of carbonyl (C=O) groups excluding carboxylic acids is 1. The van der Waals surface area contributed by atoms with Crippen molar-refractivity contribution >= 4 is 5.91 Å². The van der Waals surface area contributed by atoms with Crippen LogP contribution in [-0.2, 0) is 11.3 Å². The third-order valence-corrected chi connectivity index (χ3v) is 3.14. The number of hydrogen-bond donors (Lipinski definition) is 0. The van der Waals surface area contributed by atoms with E-state index >= 15 is 0 Å². The van der Waals surface area contributed by atoms with Crippen LogP contribution in [0.3, 0.4) is 0 Å². The zero-order valence-corrected chi connectivity index (χ0v) is 11.5. The molecule has 1 amide bonds. The first-order valence-corrected chi connectivity index (χ1v) is 6.20. The molecule has 0 aliphatic carbocycles. The summed E-state index contributed by atoms with van der Waals surface area (Å²) in [5.41, 5.74) is 3.53. The van der Waals surface area contributed by atoms with Crippen LogP contribution in [0.25, 0.3) is 0 Å². The van der Waals surface area contributed by atoms with Crippen LogP contribution in [0.15, 0.2) is 18.2 Å². The van der Waals surface area contributed by atoms with Crippen molar-refractivity contribution in [3.63, 3.8) is 0 Å². The first-order chi connectivity index (χ1) is 8.49. The second kappa shape index (κ2) is 6.20. The third kappa shape index (κ3) is 3.33. The molecule has 3 heteroatoms. The van der Waals surface area contributed by atoms with E-state index in [2.05, 4.69) is 19.1 Å². The van der Waals surface area contributed by atoms with Gasteiger partial charge in [0, 0.05) is 13.6 Å². The highest BCUT2D eigenvalue weighted by atomic mass is 16.2. The van der Waals surface area contributed by atoms with Crippen LogP contribution in [-0.4, -0.2) is 17.9 Å². The van der Waals surface area contributed by atoms with Crippen LogP contribution in [0.2, 0.25) is 0 Å². The van der Waals surface area contributed by atoms with E-state index in [-0.39, 0.29) is 5.91 Å². The van der Waals surface area contributed by atoms with Gasteiger partial charge in [-0.2, -0.15) is 5.26 Å². The molecule has 1 aromatic rings. The predicted molar refractivity (Wildman–Crippen MR) is 71.8 cm³/mol. The van der Waals surface area contributed by atoms with E-state index in [1.54, 1.807) is 11.9 Å². The number of amides is 1. The van der Waals surface area contributed by atoms with Crippen LogP contribution in [0.1, 0.15) is 30.0 Å². The Morgan fingerprint density at radius 3 is 2.61 bits per heavy atom. The molecule has 0 aliphatic rings. The molecule has 0 aliphatic heterocycles. The second-order valence-electron chi connectivity index (χ2n) is 4.71. The molecule has 0 aromatic heterocycles. The quantitative estimate of drug-likeness (QED) is 0.817. The largest absolute Gasteiger partial charge is 0.340 e. The van der Waals surface area contributed by atoms with E-state index in [9.17, 15) is 4.79 Å². The van der Waals surface area contributed by atoms with E-state index in [0.717, 1.165) is 5.56 Å². The summed E-state index contributed by atoms with van der Waals surface area (Å²) < 4.78 is 0. The Labute approximate surface area is 109 Å². The highest BCUT2D eigenvalue weighted by Gasteiger charge is 2.20. The van der Waals surface area contributed by atoms with E-state index in [1.807, 2.05) is 26.0 Å². The minimum atomic E-state index is -0.527. The number of benzene rings is 1. The lowest BCUT2D eigenvalue weighted by Crippen LogP contribution is -2.31. The summed E-state index contributed by atoms with van der Waals surface area (Å²) in [5.74, 6) is -0.624. The van der Waals surface area contributed by atoms with Gasteiger partial charge in [0.1, 0.15) is 5.92 Å². The molecule has 0 N–H and O–H groups in total. The van der Waals surface area contributed by atoms with E-state index in [0.29, 0.717) is 13.0 Å². The Balaban J connectivity index is 2.79. The molecule has 0 saturated heterocycles. The average Bonchev–Trinajstić information content (AvgIpc) is 2.34. The predicted octanol–water partition coefficient (Wildman–Crippen LogP) is 2.81. The lowest BCUT2D eigenvalue weighted by molar-refractivity contribution is -0.133. The minimum absolute atomic E-state index is 0.0972. The Hall–Kier alpha value is -1.82. The van der Waals surface area contributed by atoms with Crippen molar-refractivity contribution in [1.29, 1.82) is 5.26 Å². The van der Waals surface area contributed by atoms with Gasteiger partial charge < -0.3 is 4.90 Å². The van der Waals surface area contributed by atoms with Crippen LogP contribution in [0.5, 0.6) is 0 Å². The van der Waals surface area contributed by atoms with E-state index in [4.69, 9.17) is 5.26 Å². The first-order valence-electron chi connectivity index (χ1n) is 6.20. The molecule has 18 heavy (non-hydrogen) atoms. The Morgan fingerprint density at radius 1 is 1.44 bits per heavy atom. The smallest absolute Gasteiger partial charge is 0.239 e. The standard InChI is InChI=1S/C15H20N2O/c1-5-13(9-16)15(18)17(4)10-14-7-6-11(2)8-12(14)3/h6-8,13H,5,10H2,1-4H3. The maximum Gasteiger partial charge on any atom is 0.239 e. The third-order valence-electron chi connectivity index (χ3n) is 3.14. The molecular formula is C15H20N2O. The van der Waals surface area contributed by atoms with Crippen molar-refractivity contribution < 1.29 is 4.79 Å². The molecule has 0 heterocycles. The number of nitrogens with zero attached hydrogens (tertiary/aromatic N) is 2. The molecule has 0 bridgehead atoms. The van der Waals surface area contributed by atoms with Crippen LogP contribution >= 0.6 is 0 Å². The first kappa shape index (κ1) is 14.2. The second-order valence-corrected chi connectivity index (χ2v) is 4.71. The van der Waals surface area contributed by atoms with E-state index < -0.39 is 5.92 Å². The molecular weight excluding hydrogens is 224 g/mol. The van der Waals surface area contributed by atoms with Crippen molar-refractivity contribution in [1.82, 2.24) is 4.90 Å². The number of carbonyl (C=O) groups is 1. The van der Waals surface area contributed by atoms with Crippen molar-refractivity contribution in [2.24, 2.45) is 5.92 Å². The van der Waals surface area contributed by atoms with Crippen LogP contribution < -0.4 is 0 Å². The van der Waals surface area contributed by atoms with Crippen LogP contribution in [0, 0.1) is 31.1 Å². The molecule has 0 fully saturated rings. The lowest BCUT2D eigenvalue weighted by atomic mass is 10.0. The molecule has 1 rings (SSSR count). The molecule has 1 unspecified atom stereocenters. The number of nitriles is 1. The monoisotopic (exact) mass is 244 g/mol. The van der Waals surface area contributed by atoms with Crippen LogP contribution in [0.4, 0.5) is 0 Å². The van der Waals surface area contributed by atoms with Gasteiger partial charge in [-0.05, 0) is 31.4 Å². The molecule has 1 atom stereocenters. The summed E-state index contributed by atoms with van der Waals surface area (Å²) in [6.45, 7) is 6.51. The fourth-order valence-electron chi connectivity index (χ4n) is 1.94. The van der Waals surface area contributed by atoms with Gasteiger partial charge in [-0.3, -0.25) is 4.79 Å². The summed E-state index contributed by atoms with van der Waals surface area (Å²) in [7, 11) is 1.75. The Bertz CT molecular complexity index is 474. The van der Waals surface area contributed by atoms with Gasteiger partial charge in [-0.15, -0.1) is 0 Å². The highest BCUT2D eigenvalue weighted by molar-refractivity contribution is 5.80. The molecule has 1 aromatic carbocycles.